The number of aromatic nitrogens is 6. The first kappa shape index (κ1) is 18.6. The molecule has 0 aliphatic heterocycles. The number of benzene rings is 1. The lowest BCUT2D eigenvalue weighted by Gasteiger charge is -2.06. The summed E-state index contributed by atoms with van der Waals surface area (Å²) in [6.45, 7) is 0.547. The van der Waals surface area contributed by atoms with Crippen molar-refractivity contribution >= 4 is 33.6 Å². The van der Waals surface area contributed by atoms with Gasteiger partial charge in [0, 0.05) is 16.2 Å². The number of aromatic amines is 2. The van der Waals surface area contributed by atoms with Crippen molar-refractivity contribution in [2.24, 2.45) is 4.99 Å². The van der Waals surface area contributed by atoms with Gasteiger partial charge in [0.2, 0.25) is 11.8 Å². The van der Waals surface area contributed by atoms with Gasteiger partial charge in [0.1, 0.15) is 5.69 Å². The van der Waals surface area contributed by atoms with Crippen LogP contribution in [0.3, 0.4) is 0 Å². The Kier molecular flexibility index (Phi) is 4.58. The first-order valence-electron chi connectivity index (χ1n) is 9.36. The van der Waals surface area contributed by atoms with Crippen molar-refractivity contribution in [3.05, 3.63) is 67.5 Å². The second-order valence-corrected chi connectivity index (χ2v) is 7.92. The van der Waals surface area contributed by atoms with E-state index in [2.05, 4.69) is 51.3 Å². The molecule has 0 spiro atoms. The molecule has 1 fully saturated rings. The molecular weight excluding hydrogens is 452 g/mol. The van der Waals surface area contributed by atoms with Crippen LogP contribution in [-0.4, -0.2) is 40.7 Å². The molecule has 0 amide bonds. The first-order chi connectivity index (χ1) is 14.5. The highest BCUT2D eigenvalue weighted by Crippen LogP contribution is 2.22. The predicted molar refractivity (Wildman–Crippen MR) is 113 cm³/mol. The number of anilines is 1. The normalized spacial score (nSPS) is 15.2. The van der Waals surface area contributed by atoms with Crippen molar-refractivity contribution in [2.45, 2.75) is 25.4 Å². The summed E-state index contributed by atoms with van der Waals surface area (Å²) in [5.74, 6) is 0.177. The van der Waals surface area contributed by atoms with Gasteiger partial charge in [0.15, 0.2) is 5.65 Å². The lowest BCUT2D eigenvalue weighted by Crippen LogP contribution is -2.24. The third-order valence-corrected chi connectivity index (χ3v) is 5.15. The van der Waals surface area contributed by atoms with Gasteiger partial charge in [-0.15, -0.1) is 0 Å². The van der Waals surface area contributed by atoms with Gasteiger partial charge in [-0.2, -0.15) is 19.6 Å². The summed E-state index contributed by atoms with van der Waals surface area (Å²) >= 11 is 3.43. The number of halogens is 1. The first-order valence-corrected chi connectivity index (χ1v) is 10.2. The van der Waals surface area contributed by atoms with Crippen LogP contribution in [0.15, 0.2) is 44.7 Å². The fraction of sp³-hybridized carbons (Fsp3) is 0.211. The average molecular weight is 469 g/mol. The number of hydrogen-bond donors (Lipinski definition) is 4. The summed E-state index contributed by atoms with van der Waals surface area (Å²) in [5, 5.41) is 18.1. The molecule has 4 aromatic rings. The Bertz CT molecular complexity index is 1400. The molecule has 0 unspecified atom stereocenters. The molecule has 3 heterocycles. The van der Waals surface area contributed by atoms with E-state index in [1.165, 1.54) is 0 Å². The Balaban J connectivity index is 1.58. The second-order valence-electron chi connectivity index (χ2n) is 7.01. The number of nitrogens with zero attached hydrogens (tertiary/aromatic N) is 5. The lowest BCUT2D eigenvalue weighted by atomic mass is 10.2. The van der Waals surface area contributed by atoms with Gasteiger partial charge in [-0.25, -0.2) is 9.79 Å². The van der Waals surface area contributed by atoms with E-state index in [1.54, 1.807) is 16.8 Å². The van der Waals surface area contributed by atoms with Crippen LogP contribution >= 0.6 is 15.9 Å². The van der Waals surface area contributed by atoms with E-state index in [-0.39, 0.29) is 17.6 Å². The third-order valence-electron chi connectivity index (χ3n) is 4.62. The standard InChI is InChI=1S/C19H17BrN8O2/c20-12-3-1-10(2-4-12)8-21-17-25-15-11(7-14-16(29)26-19(30)24-14)9-22-28(15)18(27-17)23-13-5-6-13/h1-4,7,9,13,29H,5-6,8H2,(H,21,23,27)(H2,24,26,30)/b11-7+. The monoisotopic (exact) mass is 468 g/mol. The number of aromatic hydroxyl groups is 1. The van der Waals surface area contributed by atoms with Crippen LogP contribution in [-0.2, 0) is 6.54 Å². The topological polar surface area (TPSA) is 136 Å². The number of rotatable bonds is 5. The van der Waals surface area contributed by atoms with Crippen molar-refractivity contribution in [3.63, 3.8) is 0 Å². The summed E-state index contributed by atoms with van der Waals surface area (Å²) in [7, 11) is 0. The minimum Gasteiger partial charge on any atom is -0.493 e. The minimum absolute atomic E-state index is 0.245. The van der Waals surface area contributed by atoms with E-state index in [9.17, 15) is 9.90 Å². The number of H-pyrrole nitrogens is 2. The zero-order chi connectivity index (χ0) is 20.7. The van der Waals surface area contributed by atoms with Crippen molar-refractivity contribution < 1.29 is 5.11 Å². The Morgan fingerprint density at radius 2 is 2.07 bits per heavy atom. The van der Waals surface area contributed by atoms with Crippen molar-refractivity contribution in [3.8, 4) is 5.88 Å². The van der Waals surface area contributed by atoms with E-state index in [4.69, 9.17) is 0 Å². The number of imidazole rings is 1. The van der Waals surface area contributed by atoms with Crippen LogP contribution in [0.1, 0.15) is 24.1 Å². The van der Waals surface area contributed by atoms with E-state index >= 15 is 0 Å². The molecule has 11 heteroatoms. The van der Waals surface area contributed by atoms with Crippen molar-refractivity contribution in [1.29, 1.82) is 0 Å². The van der Waals surface area contributed by atoms with Gasteiger partial charge < -0.3 is 15.4 Å². The number of fused-ring (bicyclic) bond motifs is 1. The predicted octanol–water partition coefficient (Wildman–Crippen LogP) is 0.832. The smallest absolute Gasteiger partial charge is 0.326 e. The van der Waals surface area contributed by atoms with Crippen LogP contribution in [0.25, 0.3) is 11.7 Å². The van der Waals surface area contributed by atoms with E-state index in [0.717, 1.165) is 22.9 Å². The van der Waals surface area contributed by atoms with Gasteiger partial charge in [0.25, 0.3) is 5.62 Å². The Morgan fingerprint density at radius 3 is 2.77 bits per heavy atom. The van der Waals surface area contributed by atoms with Crippen LogP contribution in [0.2, 0.25) is 0 Å². The van der Waals surface area contributed by atoms with Crippen LogP contribution < -0.4 is 21.8 Å². The number of hydrogen-bond acceptors (Lipinski definition) is 7. The zero-order valence-corrected chi connectivity index (χ0v) is 17.2. The molecule has 4 N–H and O–H groups in total. The SMILES string of the molecule is O=c1[nH]c(O)c(/C=c2\cnn3c(=NC4CC4)nc(NCc4ccc(Br)cc4)nc23)[nH]1. The Morgan fingerprint density at radius 1 is 1.27 bits per heavy atom. The fourth-order valence-electron chi connectivity index (χ4n) is 2.94. The molecule has 0 radical (unpaired) electrons. The van der Waals surface area contributed by atoms with E-state index < -0.39 is 5.69 Å². The Labute approximate surface area is 177 Å². The summed E-state index contributed by atoms with van der Waals surface area (Å²) in [6, 6.07) is 8.22. The maximum atomic E-state index is 11.4. The van der Waals surface area contributed by atoms with Gasteiger partial charge in [0.05, 0.1) is 12.2 Å². The number of nitrogens with one attached hydrogen (secondary N) is 3. The maximum Gasteiger partial charge on any atom is 0.326 e. The van der Waals surface area contributed by atoms with Crippen LogP contribution in [0.5, 0.6) is 5.88 Å². The zero-order valence-electron chi connectivity index (χ0n) is 15.6. The van der Waals surface area contributed by atoms with E-state index in [1.807, 2.05) is 24.3 Å². The molecule has 152 valence electrons. The molecule has 0 bridgehead atoms. The fourth-order valence-corrected chi connectivity index (χ4v) is 3.21. The van der Waals surface area contributed by atoms with Gasteiger partial charge in [-0.3, -0.25) is 4.98 Å². The highest BCUT2D eigenvalue weighted by atomic mass is 79.9. The van der Waals surface area contributed by atoms with Gasteiger partial charge in [-0.05, 0) is 36.6 Å². The molecule has 0 atom stereocenters. The second kappa shape index (κ2) is 7.41. The van der Waals surface area contributed by atoms with E-state index in [0.29, 0.717) is 29.0 Å². The molecule has 1 saturated carbocycles. The molecule has 1 aliphatic rings. The molecule has 30 heavy (non-hydrogen) atoms. The summed E-state index contributed by atoms with van der Waals surface area (Å²) in [4.78, 5) is 30.0. The lowest BCUT2D eigenvalue weighted by molar-refractivity contribution is 0.454. The van der Waals surface area contributed by atoms with Gasteiger partial charge in [-0.1, -0.05) is 28.1 Å². The molecule has 1 aliphatic carbocycles. The molecule has 3 aromatic heterocycles. The molecule has 10 nitrogen and oxygen atoms in total. The highest BCUT2D eigenvalue weighted by molar-refractivity contribution is 9.10. The summed E-state index contributed by atoms with van der Waals surface area (Å²) in [5.41, 5.74) is 1.82. The van der Waals surface area contributed by atoms with Crippen molar-refractivity contribution in [2.75, 3.05) is 5.32 Å². The molecule has 1 aromatic carbocycles. The van der Waals surface area contributed by atoms with Crippen LogP contribution in [0.4, 0.5) is 5.95 Å². The largest absolute Gasteiger partial charge is 0.493 e. The third kappa shape index (κ3) is 3.83. The maximum absolute atomic E-state index is 11.4. The molecule has 5 rings (SSSR count). The highest BCUT2D eigenvalue weighted by Gasteiger charge is 2.21. The average Bonchev–Trinajstić information content (AvgIpc) is 3.36. The quantitative estimate of drug-likeness (QED) is 0.342. The Hall–Kier alpha value is -3.47. The molecular formula is C19H17BrN8O2. The summed E-state index contributed by atoms with van der Waals surface area (Å²) < 4.78 is 2.58. The minimum atomic E-state index is -0.494. The molecule has 0 saturated heterocycles. The van der Waals surface area contributed by atoms with Crippen molar-refractivity contribution in [1.82, 2.24) is 29.5 Å². The van der Waals surface area contributed by atoms with Gasteiger partial charge >= 0.3 is 5.69 Å². The summed E-state index contributed by atoms with van der Waals surface area (Å²) in [6.07, 6.45) is 5.26. The van der Waals surface area contributed by atoms with Crippen LogP contribution in [0, 0.1) is 0 Å².